The molecule has 0 amide bonds. The van der Waals surface area contributed by atoms with E-state index in [0.717, 1.165) is 0 Å². The number of rotatable bonds is 3. The molecule has 0 fully saturated rings. The predicted octanol–water partition coefficient (Wildman–Crippen LogP) is 12.1. The standard InChI is InChI=1S/C42H26N2S/c1-3-13-26(14-4-1)28-17-8-11-21-35(28)44-36-22-12-9-18-29(36)31-23-32-38(25-37(31)44)45-39-24-34-41(30-19-7-10-20-33(30)43-34)40(42(32)39)27-15-5-2-6-16-27/h1-25,43H. The second kappa shape index (κ2) is 9.43. The molecule has 0 saturated heterocycles. The Morgan fingerprint density at radius 1 is 0.444 bits per heavy atom. The zero-order valence-electron chi connectivity index (χ0n) is 24.3. The summed E-state index contributed by atoms with van der Waals surface area (Å²) >= 11 is 1.89. The van der Waals surface area contributed by atoms with Crippen molar-refractivity contribution in [3.05, 3.63) is 152 Å². The van der Waals surface area contributed by atoms with E-state index in [-0.39, 0.29) is 0 Å². The monoisotopic (exact) mass is 590 g/mol. The van der Waals surface area contributed by atoms with Crippen LogP contribution in [0.2, 0.25) is 0 Å². The second-order valence-corrected chi connectivity index (χ2v) is 12.9. The fourth-order valence-electron chi connectivity index (χ4n) is 7.42. The van der Waals surface area contributed by atoms with Crippen LogP contribution in [0, 0.1) is 0 Å². The molecular formula is C42H26N2S. The number of thiophene rings is 1. The van der Waals surface area contributed by atoms with Gasteiger partial charge in [0, 0.05) is 63.9 Å². The molecule has 3 heteroatoms. The average molecular weight is 591 g/mol. The number of hydrogen-bond acceptors (Lipinski definition) is 1. The first-order chi connectivity index (χ1) is 22.3. The number of nitrogens with zero attached hydrogens (tertiary/aromatic N) is 1. The van der Waals surface area contributed by atoms with E-state index in [4.69, 9.17) is 0 Å². The number of fused-ring (bicyclic) bond motifs is 9. The van der Waals surface area contributed by atoms with Gasteiger partial charge in [-0.25, -0.2) is 0 Å². The van der Waals surface area contributed by atoms with Crippen LogP contribution in [-0.2, 0) is 0 Å². The maximum absolute atomic E-state index is 3.73. The summed E-state index contributed by atoms with van der Waals surface area (Å²) in [5, 5.41) is 7.76. The Kier molecular flexibility index (Phi) is 5.19. The average Bonchev–Trinajstić information content (AvgIpc) is 3.75. The second-order valence-electron chi connectivity index (χ2n) is 11.8. The van der Waals surface area contributed by atoms with Crippen LogP contribution in [0.3, 0.4) is 0 Å². The number of benzene rings is 7. The Bertz CT molecular complexity index is 2740. The van der Waals surface area contributed by atoms with Gasteiger partial charge in [-0.2, -0.15) is 0 Å². The zero-order chi connectivity index (χ0) is 29.5. The van der Waals surface area contributed by atoms with E-state index in [1.54, 1.807) is 0 Å². The van der Waals surface area contributed by atoms with Crippen molar-refractivity contribution in [1.82, 2.24) is 9.55 Å². The molecule has 0 saturated carbocycles. The van der Waals surface area contributed by atoms with Crippen molar-refractivity contribution in [3.63, 3.8) is 0 Å². The molecule has 1 N–H and O–H groups in total. The SMILES string of the molecule is c1ccc(-c2ccccc2-n2c3ccccc3c3cc4c(cc32)sc2cc3[nH]c5ccccc5c3c(-c3ccccc3)c24)cc1. The molecule has 0 bridgehead atoms. The number of nitrogens with one attached hydrogen (secondary N) is 1. The highest BCUT2D eigenvalue weighted by molar-refractivity contribution is 7.26. The first-order valence-electron chi connectivity index (χ1n) is 15.4. The lowest BCUT2D eigenvalue weighted by molar-refractivity contribution is 1.18. The van der Waals surface area contributed by atoms with Gasteiger partial charge in [-0.15, -0.1) is 11.3 Å². The number of hydrogen-bond donors (Lipinski definition) is 1. The van der Waals surface area contributed by atoms with Crippen LogP contribution in [-0.4, -0.2) is 9.55 Å². The van der Waals surface area contributed by atoms with Crippen molar-refractivity contribution in [2.45, 2.75) is 0 Å². The zero-order valence-corrected chi connectivity index (χ0v) is 25.1. The van der Waals surface area contributed by atoms with Crippen molar-refractivity contribution in [3.8, 4) is 27.9 Å². The van der Waals surface area contributed by atoms with Crippen LogP contribution in [0.25, 0.3) is 91.7 Å². The van der Waals surface area contributed by atoms with E-state index < -0.39 is 0 Å². The maximum Gasteiger partial charge on any atom is 0.0555 e. The van der Waals surface area contributed by atoms with Crippen LogP contribution in [0.5, 0.6) is 0 Å². The fourth-order valence-corrected chi connectivity index (χ4v) is 8.59. The third-order valence-corrected chi connectivity index (χ3v) is 10.4. The van der Waals surface area contributed by atoms with Crippen LogP contribution in [0.15, 0.2) is 152 Å². The largest absolute Gasteiger partial charge is 0.354 e. The van der Waals surface area contributed by atoms with Gasteiger partial charge in [0.2, 0.25) is 0 Å². The molecule has 0 spiro atoms. The van der Waals surface area contributed by atoms with Gasteiger partial charge in [-0.3, -0.25) is 0 Å². The van der Waals surface area contributed by atoms with Crippen LogP contribution < -0.4 is 0 Å². The first-order valence-corrected chi connectivity index (χ1v) is 16.2. The molecule has 0 unspecified atom stereocenters. The summed E-state index contributed by atoms with van der Waals surface area (Å²) in [7, 11) is 0. The van der Waals surface area contributed by atoms with Crippen molar-refractivity contribution in [2.75, 3.05) is 0 Å². The minimum absolute atomic E-state index is 1.18. The highest BCUT2D eigenvalue weighted by atomic mass is 32.1. The quantitative estimate of drug-likeness (QED) is 0.211. The summed E-state index contributed by atoms with van der Waals surface area (Å²) in [6.07, 6.45) is 0. The lowest BCUT2D eigenvalue weighted by atomic mass is 9.94. The molecule has 0 aliphatic rings. The molecule has 210 valence electrons. The Morgan fingerprint density at radius 3 is 1.98 bits per heavy atom. The number of para-hydroxylation sites is 3. The summed E-state index contributed by atoms with van der Waals surface area (Å²) in [4.78, 5) is 3.73. The van der Waals surface area contributed by atoms with E-state index >= 15 is 0 Å². The summed E-state index contributed by atoms with van der Waals surface area (Å²) in [6, 6.07) is 55.2. The Hall–Kier alpha value is -5.64. The highest BCUT2D eigenvalue weighted by Crippen LogP contribution is 2.48. The lowest BCUT2D eigenvalue weighted by Gasteiger charge is -2.14. The number of aromatic amines is 1. The Morgan fingerprint density at radius 2 is 1.13 bits per heavy atom. The molecule has 0 atom stereocenters. The minimum atomic E-state index is 1.18. The summed E-state index contributed by atoms with van der Waals surface area (Å²) < 4.78 is 5.07. The van der Waals surface area contributed by atoms with Crippen LogP contribution >= 0.6 is 11.3 Å². The van der Waals surface area contributed by atoms with E-state index in [2.05, 4.69) is 161 Å². The molecular weight excluding hydrogens is 565 g/mol. The maximum atomic E-state index is 3.73. The smallest absolute Gasteiger partial charge is 0.0555 e. The summed E-state index contributed by atoms with van der Waals surface area (Å²) in [5.74, 6) is 0. The number of H-pyrrole nitrogens is 1. The first kappa shape index (κ1) is 24.8. The minimum Gasteiger partial charge on any atom is -0.354 e. The topological polar surface area (TPSA) is 20.7 Å². The molecule has 10 aromatic rings. The number of aromatic nitrogens is 2. The van der Waals surface area contributed by atoms with Gasteiger partial charge < -0.3 is 9.55 Å². The predicted molar refractivity (Wildman–Crippen MR) is 194 cm³/mol. The van der Waals surface area contributed by atoms with Crippen molar-refractivity contribution >= 4 is 75.1 Å². The molecule has 45 heavy (non-hydrogen) atoms. The van der Waals surface area contributed by atoms with Gasteiger partial charge in [0.25, 0.3) is 0 Å². The van der Waals surface area contributed by atoms with Gasteiger partial charge in [0.15, 0.2) is 0 Å². The van der Waals surface area contributed by atoms with Crippen molar-refractivity contribution in [1.29, 1.82) is 0 Å². The molecule has 7 aromatic carbocycles. The molecule has 0 aliphatic carbocycles. The van der Waals surface area contributed by atoms with Gasteiger partial charge in [0.1, 0.15) is 0 Å². The van der Waals surface area contributed by atoms with E-state index in [0.29, 0.717) is 0 Å². The van der Waals surface area contributed by atoms with Crippen LogP contribution in [0.1, 0.15) is 0 Å². The van der Waals surface area contributed by atoms with E-state index in [1.165, 1.54) is 91.7 Å². The van der Waals surface area contributed by atoms with Crippen LogP contribution in [0.4, 0.5) is 0 Å². The lowest BCUT2D eigenvalue weighted by Crippen LogP contribution is -1.96. The molecule has 0 radical (unpaired) electrons. The highest BCUT2D eigenvalue weighted by Gasteiger charge is 2.21. The Balaban J connectivity index is 1.36. The van der Waals surface area contributed by atoms with Crippen molar-refractivity contribution in [2.24, 2.45) is 0 Å². The van der Waals surface area contributed by atoms with Gasteiger partial charge in [-0.05, 0) is 47.5 Å². The molecule has 3 aromatic heterocycles. The normalized spacial score (nSPS) is 12.0. The van der Waals surface area contributed by atoms with Gasteiger partial charge in [0.05, 0.1) is 16.7 Å². The molecule has 3 heterocycles. The fraction of sp³-hybridized carbons (Fsp3) is 0. The van der Waals surface area contributed by atoms with Gasteiger partial charge >= 0.3 is 0 Å². The molecule has 2 nitrogen and oxygen atoms in total. The third-order valence-electron chi connectivity index (χ3n) is 9.31. The summed E-state index contributed by atoms with van der Waals surface area (Å²) in [6.45, 7) is 0. The van der Waals surface area contributed by atoms with E-state index in [9.17, 15) is 0 Å². The third kappa shape index (κ3) is 3.56. The van der Waals surface area contributed by atoms with Gasteiger partial charge in [-0.1, -0.05) is 115 Å². The van der Waals surface area contributed by atoms with E-state index in [1.807, 2.05) is 11.3 Å². The molecule has 10 rings (SSSR count). The molecule has 0 aliphatic heterocycles. The van der Waals surface area contributed by atoms with Crippen molar-refractivity contribution < 1.29 is 0 Å². The summed E-state index contributed by atoms with van der Waals surface area (Å²) in [5.41, 5.74) is 11.0. The Labute approximate surface area is 263 Å².